The van der Waals surface area contributed by atoms with E-state index in [0.29, 0.717) is 13.2 Å². The Bertz CT molecular complexity index is 516. The first-order chi connectivity index (χ1) is 10.1. The third kappa shape index (κ3) is 3.82. The first kappa shape index (κ1) is 15.5. The molecule has 5 nitrogen and oxygen atoms in total. The molecule has 0 radical (unpaired) electrons. The fourth-order valence-electron chi connectivity index (χ4n) is 2.65. The predicted molar refractivity (Wildman–Crippen MR) is 81.2 cm³/mol. The van der Waals surface area contributed by atoms with Gasteiger partial charge in [0.05, 0.1) is 19.6 Å². The lowest BCUT2D eigenvalue weighted by Gasteiger charge is -2.22. The van der Waals surface area contributed by atoms with Gasteiger partial charge in [-0.2, -0.15) is 0 Å². The smallest absolute Gasteiger partial charge is 0.307 e. The Morgan fingerprint density at radius 2 is 2.14 bits per heavy atom. The van der Waals surface area contributed by atoms with Crippen molar-refractivity contribution >= 4 is 17.6 Å². The molecule has 21 heavy (non-hydrogen) atoms. The van der Waals surface area contributed by atoms with Crippen LogP contribution in [-0.4, -0.2) is 37.6 Å². The number of nitrogens with zero attached hydrogens (tertiary/aromatic N) is 1. The number of hydrogen-bond acceptors (Lipinski definition) is 4. The summed E-state index contributed by atoms with van der Waals surface area (Å²) in [6.07, 6.45) is 1.18. The van der Waals surface area contributed by atoms with Gasteiger partial charge in [0.2, 0.25) is 5.91 Å². The van der Waals surface area contributed by atoms with E-state index in [1.54, 1.807) is 6.92 Å². The first-order valence-electron chi connectivity index (χ1n) is 7.39. The van der Waals surface area contributed by atoms with E-state index < -0.39 is 0 Å². The van der Waals surface area contributed by atoms with Gasteiger partial charge in [-0.25, -0.2) is 0 Å². The molecule has 1 N–H and O–H groups in total. The summed E-state index contributed by atoms with van der Waals surface area (Å²) in [5, 5.41) is 3.01. The van der Waals surface area contributed by atoms with Crippen LogP contribution in [0, 0.1) is 0 Å². The molecule has 0 saturated heterocycles. The average Bonchev–Trinajstić information content (AvgIpc) is 2.79. The number of amides is 1. The summed E-state index contributed by atoms with van der Waals surface area (Å²) in [5.41, 5.74) is 2.21. The molecule has 114 valence electrons. The van der Waals surface area contributed by atoms with E-state index in [4.69, 9.17) is 4.74 Å². The van der Waals surface area contributed by atoms with Crippen molar-refractivity contribution in [1.29, 1.82) is 0 Å². The van der Waals surface area contributed by atoms with Gasteiger partial charge >= 0.3 is 5.97 Å². The largest absolute Gasteiger partial charge is 0.466 e. The number of anilines is 1. The molecule has 1 unspecified atom stereocenters. The molecule has 2 rings (SSSR count). The number of nitrogens with one attached hydrogen (secondary N) is 1. The van der Waals surface area contributed by atoms with Crippen LogP contribution in [0.15, 0.2) is 24.3 Å². The molecule has 0 aromatic heterocycles. The maximum absolute atomic E-state index is 12.3. The molecule has 0 spiro atoms. The van der Waals surface area contributed by atoms with Crippen molar-refractivity contribution in [2.75, 3.05) is 24.6 Å². The zero-order chi connectivity index (χ0) is 15.2. The monoisotopic (exact) mass is 290 g/mol. The van der Waals surface area contributed by atoms with Crippen LogP contribution < -0.4 is 10.2 Å². The molecule has 1 aromatic carbocycles. The second-order valence-electron chi connectivity index (χ2n) is 5.18. The predicted octanol–water partition coefficient (Wildman–Crippen LogP) is 1.51. The van der Waals surface area contributed by atoms with E-state index in [1.165, 1.54) is 5.56 Å². The standard InChI is InChI=1S/C16H22N2O3/c1-3-21-16(20)8-9-17-11-15(19)18-12(2)10-13-6-4-5-7-14(13)18/h4-7,12,17H,3,8-11H2,1-2H3. The van der Waals surface area contributed by atoms with Crippen LogP contribution in [-0.2, 0) is 20.7 Å². The van der Waals surface area contributed by atoms with Gasteiger partial charge in [0, 0.05) is 18.3 Å². The van der Waals surface area contributed by atoms with E-state index in [9.17, 15) is 9.59 Å². The molecule has 1 aromatic rings. The normalized spacial score (nSPS) is 16.7. The fraction of sp³-hybridized carbons (Fsp3) is 0.500. The second-order valence-corrected chi connectivity index (χ2v) is 5.18. The Labute approximate surface area is 125 Å². The third-order valence-corrected chi connectivity index (χ3v) is 3.56. The molecule has 5 heteroatoms. The summed E-state index contributed by atoms with van der Waals surface area (Å²) >= 11 is 0. The number of carbonyl (C=O) groups excluding carboxylic acids is 2. The van der Waals surface area contributed by atoms with E-state index >= 15 is 0 Å². The van der Waals surface area contributed by atoms with Crippen molar-refractivity contribution in [3.8, 4) is 0 Å². The molecular weight excluding hydrogens is 268 g/mol. The topological polar surface area (TPSA) is 58.6 Å². The minimum atomic E-state index is -0.239. The van der Waals surface area contributed by atoms with Crippen LogP contribution in [0.1, 0.15) is 25.8 Å². The highest BCUT2D eigenvalue weighted by atomic mass is 16.5. The van der Waals surface area contributed by atoms with Crippen molar-refractivity contribution in [3.63, 3.8) is 0 Å². The number of rotatable bonds is 6. The number of hydrogen-bond donors (Lipinski definition) is 1. The van der Waals surface area contributed by atoms with E-state index in [-0.39, 0.29) is 30.9 Å². The molecule has 0 bridgehead atoms. The van der Waals surface area contributed by atoms with Gasteiger partial charge in [0.25, 0.3) is 0 Å². The van der Waals surface area contributed by atoms with Crippen molar-refractivity contribution in [1.82, 2.24) is 5.32 Å². The number of benzene rings is 1. The van der Waals surface area contributed by atoms with Gasteiger partial charge in [0.1, 0.15) is 0 Å². The van der Waals surface area contributed by atoms with Gasteiger partial charge in [-0.1, -0.05) is 18.2 Å². The fourth-order valence-corrected chi connectivity index (χ4v) is 2.65. The Morgan fingerprint density at radius 1 is 1.38 bits per heavy atom. The lowest BCUT2D eigenvalue weighted by molar-refractivity contribution is -0.143. The van der Waals surface area contributed by atoms with Crippen molar-refractivity contribution in [3.05, 3.63) is 29.8 Å². The van der Waals surface area contributed by atoms with E-state index in [2.05, 4.69) is 18.3 Å². The summed E-state index contributed by atoms with van der Waals surface area (Å²) in [7, 11) is 0. The van der Waals surface area contributed by atoms with Crippen LogP contribution in [0.2, 0.25) is 0 Å². The number of fused-ring (bicyclic) bond motifs is 1. The molecular formula is C16H22N2O3. The van der Waals surface area contributed by atoms with Gasteiger partial charge in [-0.3, -0.25) is 9.59 Å². The van der Waals surface area contributed by atoms with Crippen LogP contribution in [0.4, 0.5) is 5.69 Å². The van der Waals surface area contributed by atoms with Gasteiger partial charge in [0.15, 0.2) is 0 Å². The highest BCUT2D eigenvalue weighted by Crippen LogP contribution is 2.31. The Kier molecular flexibility index (Phi) is 5.33. The summed E-state index contributed by atoms with van der Waals surface area (Å²) in [6, 6.07) is 8.17. The Morgan fingerprint density at radius 3 is 2.90 bits per heavy atom. The molecule has 1 heterocycles. The van der Waals surface area contributed by atoms with Crippen molar-refractivity contribution in [2.45, 2.75) is 32.7 Å². The Balaban J connectivity index is 1.83. The number of para-hydroxylation sites is 1. The highest BCUT2D eigenvalue weighted by molar-refractivity contribution is 5.97. The molecule has 1 aliphatic rings. The summed E-state index contributed by atoms with van der Waals surface area (Å²) < 4.78 is 4.84. The van der Waals surface area contributed by atoms with Crippen molar-refractivity contribution in [2.24, 2.45) is 0 Å². The van der Waals surface area contributed by atoms with Crippen LogP contribution in [0.5, 0.6) is 0 Å². The highest BCUT2D eigenvalue weighted by Gasteiger charge is 2.29. The number of esters is 1. The number of ether oxygens (including phenoxy) is 1. The molecule has 0 aliphatic carbocycles. The summed E-state index contributed by atoms with van der Waals surface area (Å²) in [4.78, 5) is 25.4. The molecule has 1 aliphatic heterocycles. The summed E-state index contributed by atoms with van der Waals surface area (Å²) in [5.74, 6) is -0.200. The maximum atomic E-state index is 12.3. The quantitative estimate of drug-likeness (QED) is 0.637. The molecule has 0 fully saturated rings. The number of carbonyl (C=O) groups is 2. The van der Waals surface area contributed by atoms with Crippen LogP contribution in [0.25, 0.3) is 0 Å². The second kappa shape index (κ2) is 7.22. The van der Waals surface area contributed by atoms with Crippen molar-refractivity contribution < 1.29 is 14.3 Å². The minimum Gasteiger partial charge on any atom is -0.466 e. The van der Waals surface area contributed by atoms with Gasteiger partial charge < -0.3 is 15.0 Å². The summed E-state index contributed by atoms with van der Waals surface area (Å²) in [6.45, 7) is 4.91. The van der Waals surface area contributed by atoms with Gasteiger partial charge in [-0.05, 0) is 31.9 Å². The lowest BCUT2D eigenvalue weighted by atomic mass is 10.1. The third-order valence-electron chi connectivity index (χ3n) is 3.56. The van der Waals surface area contributed by atoms with E-state index in [1.807, 2.05) is 23.1 Å². The zero-order valence-corrected chi connectivity index (χ0v) is 12.6. The van der Waals surface area contributed by atoms with Crippen LogP contribution in [0.3, 0.4) is 0 Å². The average molecular weight is 290 g/mol. The SMILES string of the molecule is CCOC(=O)CCNCC(=O)N1c2ccccc2CC1C. The van der Waals surface area contributed by atoms with E-state index in [0.717, 1.165) is 12.1 Å². The lowest BCUT2D eigenvalue weighted by Crippen LogP contribution is -2.41. The first-order valence-corrected chi connectivity index (χ1v) is 7.39. The molecule has 1 atom stereocenters. The Hall–Kier alpha value is -1.88. The zero-order valence-electron chi connectivity index (χ0n) is 12.6. The molecule has 1 amide bonds. The van der Waals surface area contributed by atoms with Crippen LogP contribution >= 0.6 is 0 Å². The minimum absolute atomic E-state index is 0.0382. The maximum Gasteiger partial charge on any atom is 0.307 e. The van der Waals surface area contributed by atoms with Gasteiger partial charge in [-0.15, -0.1) is 0 Å². The molecule has 0 saturated carbocycles.